The summed E-state index contributed by atoms with van der Waals surface area (Å²) in [6.45, 7) is 3.55. The summed E-state index contributed by atoms with van der Waals surface area (Å²) in [6, 6.07) is 0. The van der Waals surface area contributed by atoms with Crippen LogP contribution in [-0.4, -0.2) is 38.3 Å². The molecule has 1 saturated heterocycles. The summed E-state index contributed by atoms with van der Waals surface area (Å²) in [7, 11) is 0. The molecule has 1 atom stereocenters. The molecular weight excluding hydrogens is 240 g/mol. The molecule has 0 aromatic rings. The molecule has 1 aliphatic heterocycles. The molecular formula is C15H28N2O2. The highest BCUT2D eigenvalue weighted by Gasteiger charge is 2.16. The number of rotatable bonds is 7. The second-order valence-corrected chi connectivity index (χ2v) is 5.88. The first-order chi connectivity index (χ1) is 9.34. The first-order valence-electron chi connectivity index (χ1n) is 7.93. The van der Waals surface area contributed by atoms with Gasteiger partial charge in [0.25, 0.3) is 0 Å². The molecule has 2 rings (SSSR count). The maximum Gasteiger partial charge on any atom is 0.220 e. The number of carbonyl (C=O) groups excluding carboxylic acids is 1. The van der Waals surface area contributed by atoms with Gasteiger partial charge in [-0.05, 0) is 51.1 Å². The van der Waals surface area contributed by atoms with Crippen molar-refractivity contribution in [1.82, 2.24) is 10.6 Å². The van der Waals surface area contributed by atoms with Gasteiger partial charge in [-0.3, -0.25) is 4.79 Å². The van der Waals surface area contributed by atoms with Gasteiger partial charge in [-0.2, -0.15) is 0 Å². The Morgan fingerprint density at radius 2 is 2.05 bits per heavy atom. The van der Waals surface area contributed by atoms with Gasteiger partial charge in [-0.1, -0.05) is 12.8 Å². The Labute approximate surface area is 116 Å². The summed E-state index contributed by atoms with van der Waals surface area (Å²) < 4.78 is 5.72. The molecule has 2 fully saturated rings. The zero-order valence-corrected chi connectivity index (χ0v) is 12.0. The van der Waals surface area contributed by atoms with Crippen molar-refractivity contribution in [3.8, 4) is 0 Å². The molecule has 0 radical (unpaired) electrons. The van der Waals surface area contributed by atoms with Crippen molar-refractivity contribution in [3.05, 3.63) is 0 Å². The Morgan fingerprint density at radius 3 is 2.79 bits per heavy atom. The van der Waals surface area contributed by atoms with Crippen LogP contribution in [-0.2, 0) is 9.53 Å². The van der Waals surface area contributed by atoms with E-state index in [9.17, 15) is 4.79 Å². The molecule has 1 saturated carbocycles. The molecule has 1 heterocycles. The van der Waals surface area contributed by atoms with Crippen molar-refractivity contribution in [1.29, 1.82) is 0 Å². The fourth-order valence-corrected chi connectivity index (χ4v) is 3.07. The van der Waals surface area contributed by atoms with E-state index < -0.39 is 0 Å². The summed E-state index contributed by atoms with van der Waals surface area (Å²) >= 11 is 0. The van der Waals surface area contributed by atoms with E-state index in [1.165, 1.54) is 38.5 Å². The summed E-state index contributed by atoms with van der Waals surface area (Å²) in [5.74, 6) is 0.870. The van der Waals surface area contributed by atoms with Crippen LogP contribution >= 0.6 is 0 Å². The minimum Gasteiger partial charge on any atom is -0.376 e. The van der Waals surface area contributed by atoms with Gasteiger partial charge in [0.05, 0.1) is 12.7 Å². The lowest BCUT2D eigenvalue weighted by Gasteiger charge is -2.22. The van der Waals surface area contributed by atoms with E-state index in [2.05, 4.69) is 10.6 Å². The minimum absolute atomic E-state index is 0.181. The van der Waals surface area contributed by atoms with Gasteiger partial charge in [0.15, 0.2) is 0 Å². The standard InChI is InChI=1S/C15H28N2O2/c18-15(8-7-13-4-3-9-16-12-13)17-10-11-19-14-5-1-2-6-14/h13-14,16H,1-12H2,(H,17,18). The van der Waals surface area contributed by atoms with Crippen LogP contribution in [0.1, 0.15) is 51.4 Å². The number of ether oxygens (including phenoxy) is 1. The van der Waals surface area contributed by atoms with Crippen LogP contribution in [0, 0.1) is 5.92 Å². The highest BCUT2D eigenvalue weighted by atomic mass is 16.5. The molecule has 1 unspecified atom stereocenters. The predicted octanol–water partition coefficient (Wildman–Crippen LogP) is 1.84. The number of nitrogens with one attached hydrogen (secondary N) is 2. The van der Waals surface area contributed by atoms with Gasteiger partial charge in [0.2, 0.25) is 5.91 Å². The zero-order chi connectivity index (χ0) is 13.3. The van der Waals surface area contributed by atoms with E-state index in [-0.39, 0.29) is 5.91 Å². The van der Waals surface area contributed by atoms with E-state index in [0.717, 1.165) is 19.5 Å². The lowest BCUT2D eigenvalue weighted by Crippen LogP contribution is -2.32. The van der Waals surface area contributed by atoms with E-state index in [1.807, 2.05) is 0 Å². The fraction of sp³-hybridized carbons (Fsp3) is 0.933. The number of hydrogen-bond donors (Lipinski definition) is 2. The van der Waals surface area contributed by atoms with E-state index >= 15 is 0 Å². The van der Waals surface area contributed by atoms with Gasteiger partial charge >= 0.3 is 0 Å². The summed E-state index contributed by atoms with van der Waals surface area (Å²) in [5, 5.41) is 6.35. The van der Waals surface area contributed by atoms with E-state index in [4.69, 9.17) is 4.74 Å². The maximum absolute atomic E-state index is 11.7. The Hall–Kier alpha value is -0.610. The van der Waals surface area contributed by atoms with Gasteiger partial charge < -0.3 is 15.4 Å². The van der Waals surface area contributed by atoms with Gasteiger partial charge in [0.1, 0.15) is 0 Å². The average Bonchev–Trinajstić information content (AvgIpc) is 2.96. The fourth-order valence-electron chi connectivity index (χ4n) is 3.07. The van der Waals surface area contributed by atoms with Crippen molar-refractivity contribution in [2.75, 3.05) is 26.2 Å². The smallest absolute Gasteiger partial charge is 0.220 e. The average molecular weight is 268 g/mol. The third-order valence-electron chi connectivity index (χ3n) is 4.26. The molecule has 1 aliphatic carbocycles. The van der Waals surface area contributed by atoms with Crippen molar-refractivity contribution < 1.29 is 9.53 Å². The lowest BCUT2D eigenvalue weighted by atomic mass is 9.94. The second-order valence-electron chi connectivity index (χ2n) is 5.88. The number of piperidine rings is 1. The topological polar surface area (TPSA) is 50.4 Å². The third-order valence-corrected chi connectivity index (χ3v) is 4.26. The molecule has 0 bridgehead atoms. The monoisotopic (exact) mass is 268 g/mol. The zero-order valence-electron chi connectivity index (χ0n) is 12.0. The van der Waals surface area contributed by atoms with Gasteiger partial charge in [-0.25, -0.2) is 0 Å². The van der Waals surface area contributed by atoms with Crippen molar-refractivity contribution >= 4 is 5.91 Å². The van der Waals surface area contributed by atoms with Crippen LogP contribution in [0.15, 0.2) is 0 Å². The predicted molar refractivity (Wildman–Crippen MR) is 76.0 cm³/mol. The third kappa shape index (κ3) is 5.91. The highest BCUT2D eigenvalue weighted by Crippen LogP contribution is 2.20. The highest BCUT2D eigenvalue weighted by molar-refractivity contribution is 5.75. The number of carbonyl (C=O) groups is 1. The van der Waals surface area contributed by atoms with Crippen molar-refractivity contribution in [3.63, 3.8) is 0 Å². The Morgan fingerprint density at radius 1 is 1.21 bits per heavy atom. The minimum atomic E-state index is 0.181. The molecule has 2 N–H and O–H groups in total. The Balaban J connectivity index is 1.45. The van der Waals surface area contributed by atoms with Crippen LogP contribution in [0.3, 0.4) is 0 Å². The molecule has 19 heavy (non-hydrogen) atoms. The second kappa shape index (κ2) is 8.54. The summed E-state index contributed by atoms with van der Waals surface area (Å²) in [6.07, 6.45) is 9.64. The first-order valence-corrected chi connectivity index (χ1v) is 7.93. The molecule has 4 nitrogen and oxygen atoms in total. The van der Waals surface area contributed by atoms with Crippen LogP contribution in [0.2, 0.25) is 0 Å². The number of hydrogen-bond acceptors (Lipinski definition) is 3. The van der Waals surface area contributed by atoms with E-state index in [0.29, 0.717) is 31.6 Å². The van der Waals surface area contributed by atoms with Crippen LogP contribution in [0.4, 0.5) is 0 Å². The molecule has 0 aromatic carbocycles. The van der Waals surface area contributed by atoms with E-state index in [1.54, 1.807) is 0 Å². The quantitative estimate of drug-likeness (QED) is 0.693. The maximum atomic E-state index is 11.7. The first kappa shape index (κ1) is 14.8. The molecule has 110 valence electrons. The van der Waals surface area contributed by atoms with Gasteiger partial charge in [0, 0.05) is 13.0 Å². The van der Waals surface area contributed by atoms with Crippen LogP contribution < -0.4 is 10.6 Å². The SMILES string of the molecule is O=C(CCC1CCCNC1)NCCOC1CCCC1. The Kier molecular flexibility index (Phi) is 6.65. The summed E-state index contributed by atoms with van der Waals surface area (Å²) in [5.41, 5.74) is 0. The molecule has 4 heteroatoms. The largest absolute Gasteiger partial charge is 0.376 e. The lowest BCUT2D eigenvalue weighted by molar-refractivity contribution is -0.121. The normalized spacial score (nSPS) is 24.5. The van der Waals surface area contributed by atoms with Crippen LogP contribution in [0.5, 0.6) is 0 Å². The molecule has 0 spiro atoms. The van der Waals surface area contributed by atoms with Gasteiger partial charge in [-0.15, -0.1) is 0 Å². The molecule has 1 amide bonds. The molecule has 2 aliphatic rings. The summed E-state index contributed by atoms with van der Waals surface area (Å²) in [4.78, 5) is 11.7. The Bertz CT molecular complexity index is 259. The molecule has 0 aromatic heterocycles. The number of amides is 1. The van der Waals surface area contributed by atoms with Crippen molar-refractivity contribution in [2.24, 2.45) is 5.92 Å². The van der Waals surface area contributed by atoms with Crippen molar-refractivity contribution in [2.45, 2.75) is 57.5 Å². The van der Waals surface area contributed by atoms with Crippen LogP contribution in [0.25, 0.3) is 0 Å².